The van der Waals surface area contributed by atoms with Crippen molar-refractivity contribution in [2.24, 2.45) is 5.73 Å². The Bertz CT molecular complexity index is 611. The summed E-state index contributed by atoms with van der Waals surface area (Å²) in [7, 11) is -3.49. The molecule has 0 amide bonds. The number of hydrogen-bond acceptors (Lipinski definition) is 4. The summed E-state index contributed by atoms with van der Waals surface area (Å²) in [5.41, 5.74) is 6.10. The van der Waals surface area contributed by atoms with Crippen LogP contribution in [0.25, 0.3) is 0 Å². The van der Waals surface area contributed by atoms with Crippen molar-refractivity contribution in [1.82, 2.24) is 4.31 Å². The van der Waals surface area contributed by atoms with Gasteiger partial charge in [-0.25, -0.2) is 8.42 Å². The van der Waals surface area contributed by atoms with Gasteiger partial charge >= 0.3 is 0 Å². The zero-order chi connectivity index (χ0) is 15.7. The Labute approximate surface area is 127 Å². The lowest BCUT2D eigenvalue weighted by Crippen LogP contribution is -2.42. The van der Waals surface area contributed by atoms with Gasteiger partial charge in [0.25, 0.3) is 0 Å². The summed E-state index contributed by atoms with van der Waals surface area (Å²) in [5, 5.41) is 0. The second-order valence-corrected chi connectivity index (χ2v) is 7.76. The first-order chi connectivity index (χ1) is 9.82. The molecule has 0 spiro atoms. The molecule has 1 aliphatic rings. The van der Waals surface area contributed by atoms with E-state index in [9.17, 15) is 8.42 Å². The lowest BCUT2D eigenvalue weighted by molar-refractivity contribution is 0.291. The van der Waals surface area contributed by atoms with Crippen molar-refractivity contribution in [2.45, 2.75) is 50.6 Å². The van der Waals surface area contributed by atoms with E-state index in [4.69, 9.17) is 10.5 Å². The highest BCUT2D eigenvalue weighted by atomic mass is 32.2. The molecule has 0 aliphatic carbocycles. The molecule has 118 valence electrons. The maximum Gasteiger partial charge on any atom is 0.243 e. The van der Waals surface area contributed by atoms with Crippen LogP contribution < -0.4 is 10.5 Å². The normalized spacial score (nSPS) is 18.9. The van der Waals surface area contributed by atoms with Gasteiger partial charge in [-0.05, 0) is 51.8 Å². The van der Waals surface area contributed by atoms with Gasteiger partial charge in [-0.3, -0.25) is 0 Å². The van der Waals surface area contributed by atoms with Crippen LogP contribution in [-0.2, 0) is 16.6 Å². The van der Waals surface area contributed by atoms with Gasteiger partial charge in [-0.15, -0.1) is 0 Å². The first-order valence-electron chi connectivity index (χ1n) is 7.31. The molecule has 0 aromatic heterocycles. The van der Waals surface area contributed by atoms with E-state index >= 15 is 0 Å². The molecule has 6 heteroatoms. The van der Waals surface area contributed by atoms with Crippen molar-refractivity contribution in [3.63, 3.8) is 0 Å². The second-order valence-electron chi connectivity index (χ2n) is 5.90. The second kappa shape index (κ2) is 5.94. The van der Waals surface area contributed by atoms with Crippen molar-refractivity contribution in [1.29, 1.82) is 0 Å². The van der Waals surface area contributed by atoms with Gasteiger partial charge in [0.2, 0.25) is 10.0 Å². The molecule has 0 radical (unpaired) electrons. The van der Waals surface area contributed by atoms with E-state index in [-0.39, 0.29) is 12.1 Å². The van der Waals surface area contributed by atoms with E-state index in [1.165, 1.54) is 0 Å². The molecule has 21 heavy (non-hydrogen) atoms. The largest absolute Gasteiger partial charge is 0.494 e. The first kappa shape index (κ1) is 16.3. The van der Waals surface area contributed by atoms with Crippen molar-refractivity contribution >= 4 is 10.0 Å². The average Bonchev–Trinajstić information content (AvgIpc) is 2.79. The van der Waals surface area contributed by atoms with Crippen molar-refractivity contribution in [3.05, 3.63) is 23.8 Å². The van der Waals surface area contributed by atoms with E-state index in [0.717, 1.165) is 18.4 Å². The van der Waals surface area contributed by atoms with Gasteiger partial charge < -0.3 is 10.5 Å². The SMILES string of the molecule is CCOc1ccc(S(=O)(=O)N2CCCC2(C)C)cc1CN. The summed E-state index contributed by atoms with van der Waals surface area (Å²) in [6, 6.07) is 4.93. The molecule has 1 heterocycles. The monoisotopic (exact) mass is 312 g/mol. The first-order valence-corrected chi connectivity index (χ1v) is 8.75. The van der Waals surface area contributed by atoms with Crippen LogP contribution in [0.4, 0.5) is 0 Å². The summed E-state index contributed by atoms with van der Waals surface area (Å²) >= 11 is 0. The highest BCUT2D eigenvalue weighted by molar-refractivity contribution is 7.89. The Hall–Kier alpha value is -1.11. The molecule has 0 unspecified atom stereocenters. The highest BCUT2D eigenvalue weighted by Gasteiger charge is 2.40. The van der Waals surface area contributed by atoms with Crippen molar-refractivity contribution in [3.8, 4) is 5.75 Å². The molecule has 0 bridgehead atoms. The van der Waals surface area contributed by atoms with Gasteiger partial charge in [0.05, 0.1) is 11.5 Å². The smallest absolute Gasteiger partial charge is 0.243 e. The average molecular weight is 312 g/mol. The van der Waals surface area contributed by atoms with Gasteiger partial charge in [0.15, 0.2) is 0 Å². The number of sulfonamides is 1. The molecular weight excluding hydrogens is 288 g/mol. The van der Waals surface area contributed by atoms with Crippen LogP contribution in [0.2, 0.25) is 0 Å². The Morgan fingerprint density at radius 1 is 1.38 bits per heavy atom. The predicted molar refractivity (Wildman–Crippen MR) is 82.7 cm³/mol. The van der Waals surface area contributed by atoms with Crippen molar-refractivity contribution in [2.75, 3.05) is 13.2 Å². The van der Waals surface area contributed by atoms with Crippen LogP contribution in [0.5, 0.6) is 5.75 Å². The van der Waals surface area contributed by atoms with Crippen LogP contribution in [0, 0.1) is 0 Å². The van der Waals surface area contributed by atoms with E-state index in [1.807, 2.05) is 20.8 Å². The predicted octanol–water partition coefficient (Wildman–Crippen LogP) is 2.11. The summed E-state index contributed by atoms with van der Waals surface area (Å²) < 4.78 is 32.7. The highest BCUT2D eigenvalue weighted by Crippen LogP contribution is 2.35. The Kier molecular flexibility index (Phi) is 4.60. The van der Waals surface area contributed by atoms with E-state index in [1.54, 1.807) is 22.5 Å². The number of nitrogens with zero attached hydrogens (tertiary/aromatic N) is 1. The molecule has 1 aliphatic heterocycles. The molecule has 2 rings (SSSR count). The zero-order valence-corrected chi connectivity index (χ0v) is 13.7. The minimum Gasteiger partial charge on any atom is -0.494 e. The molecule has 0 atom stereocenters. The maximum atomic E-state index is 12.8. The fraction of sp³-hybridized carbons (Fsp3) is 0.600. The van der Waals surface area contributed by atoms with Crippen LogP contribution in [0.3, 0.4) is 0 Å². The third kappa shape index (κ3) is 3.07. The molecule has 1 fully saturated rings. The van der Waals surface area contributed by atoms with Crippen molar-refractivity contribution < 1.29 is 13.2 Å². The fourth-order valence-corrected chi connectivity index (χ4v) is 4.72. The summed E-state index contributed by atoms with van der Waals surface area (Å²) in [4.78, 5) is 0.293. The summed E-state index contributed by atoms with van der Waals surface area (Å²) in [6.45, 7) is 7.17. The topological polar surface area (TPSA) is 72.6 Å². The van der Waals surface area contributed by atoms with Gasteiger partial charge in [0.1, 0.15) is 5.75 Å². The minimum absolute atomic E-state index is 0.252. The quantitative estimate of drug-likeness (QED) is 0.904. The van der Waals surface area contributed by atoms with Gasteiger partial charge in [-0.2, -0.15) is 4.31 Å². The number of hydrogen-bond donors (Lipinski definition) is 1. The number of rotatable bonds is 5. The van der Waals surface area contributed by atoms with Crippen LogP contribution in [-0.4, -0.2) is 31.4 Å². The lowest BCUT2D eigenvalue weighted by atomic mass is 10.0. The molecule has 1 aromatic carbocycles. The standard InChI is InChI=1S/C15H24N2O3S/c1-4-20-14-7-6-13(10-12(14)11-16)21(18,19)17-9-5-8-15(17,2)3/h6-7,10H,4-5,8-9,11,16H2,1-3H3. The van der Waals surface area contributed by atoms with Crippen LogP contribution in [0.1, 0.15) is 39.2 Å². The Morgan fingerprint density at radius 2 is 2.10 bits per heavy atom. The van der Waals surface area contributed by atoms with E-state index < -0.39 is 10.0 Å². The number of nitrogens with two attached hydrogens (primary N) is 1. The molecule has 1 aromatic rings. The summed E-state index contributed by atoms with van der Waals surface area (Å²) in [6.07, 6.45) is 1.78. The Balaban J connectivity index is 2.41. The lowest BCUT2D eigenvalue weighted by Gasteiger charge is -2.30. The third-order valence-corrected chi connectivity index (χ3v) is 6.07. The van der Waals surface area contributed by atoms with E-state index in [2.05, 4.69) is 0 Å². The molecular formula is C15H24N2O3S. The van der Waals surface area contributed by atoms with E-state index in [0.29, 0.717) is 23.8 Å². The minimum atomic E-state index is -3.49. The third-order valence-electron chi connectivity index (χ3n) is 3.96. The van der Waals surface area contributed by atoms with Crippen LogP contribution >= 0.6 is 0 Å². The maximum absolute atomic E-state index is 12.8. The molecule has 5 nitrogen and oxygen atoms in total. The molecule has 0 saturated carbocycles. The molecule has 2 N–H and O–H groups in total. The zero-order valence-electron chi connectivity index (χ0n) is 12.9. The van der Waals surface area contributed by atoms with Gasteiger partial charge in [0, 0.05) is 24.2 Å². The Morgan fingerprint density at radius 3 is 2.62 bits per heavy atom. The summed E-state index contributed by atoms with van der Waals surface area (Å²) in [5.74, 6) is 0.652. The number of benzene rings is 1. The van der Waals surface area contributed by atoms with Crippen LogP contribution in [0.15, 0.2) is 23.1 Å². The fourth-order valence-electron chi connectivity index (χ4n) is 2.83. The number of ether oxygens (including phenoxy) is 1. The van der Waals surface area contributed by atoms with Gasteiger partial charge in [-0.1, -0.05) is 0 Å². The molecule has 1 saturated heterocycles.